The van der Waals surface area contributed by atoms with Gasteiger partial charge in [-0.1, -0.05) is 140 Å². The highest BCUT2D eigenvalue weighted by Crippen LogP contribution is 2.43. The molecule has 7 heteroatoms. The molecule has 0 saturated carbocycles. The molecule has 0 aliphatic heterocycles. The quantitative estimate of drug-likeness (QED) is 0.166. The minimum atomic E-state index is 0.561. The Morgan fingerprint density at radius 3 is 1.70 bits per heavy atom. The molecule has 15 aromatic rings. The first-order chi connectivity index (χ1) is 34.7. The van der Waals surface area contributed by atoms with E-state index in [1.165, 1.54) is 42.2 Å². The monoisotopic (exact) mass is 912 g/mol. The van der Waals surface area contributed by atoms with E-state index in [9.17, 15) is 0 Å². The number of nitrogens with zero attached hydrogens (tertiary/aromatic N) is 4. The molecule has 0 fully saturated rings. The fourth-order valence-electron chi connectivity index (χ4n) is 10.6. The second-order valence-corrected chi connectivity index (χ2v) is 19.0. The molecule has 5 aromatic heterocycles. The summed E-state index contributed by atoms with van der Waals surface area (Å²) >= 11 is 1.78. The minimum absolute atomic E-state index is 0.561. The summed E-state index contributed by atoms with van der Waals surface area (Å²) in [5, 5.41) is 8.86. The van der Waals surface area contributed by atoms with Crippen molar-refractivity contribution in [1.82, 2.24) is 19.5 Å². The Kier molecular flexibility index (Phi) is 8.43. The van der Waals surface area contributed by atoms with Crippen molar-refractivity contribution in [1.29, 1.82) is 0 Å². The third kappa shape index (κ3) is 6.02. The number of thiophene rings is 1. The molecule has 0 saturated heterocycles. The number of furan rings is 2. The molecule has 70 heavy (non-hydrogen) atoms. The lowest BCUT2D eigenvalue weighted by Gasteiger charge is -2.10. The SMILES string of the molecule is c1ccc(-n2c3ccccc3c3cc(-c4ccc(-c5ccc6oc7cccc(-c8nc(-c9ccc%10c(c9)oc9ccccc9%10)nc(-c9cccc%10sc%11ccccc%11c9%10)n8)c7c6c5)cc4)ccc32)cc1. The van der Waals surface area contributed by atoms with E-state index in [4.69, 9.17) is 23.8 Å². The fraction of sp³-hybridized carbons (Fsp3) is 0. The maximum absolute atomic E-state index is 6.60. The number of para-hydroxylation sites is 3. The number of aromatic nitrogens is 4. The number of hydrogen-bond donors (Lipinski definition) is 0. The first-order valence-corrected chi connectivity index (χ1v) is 24.2. The topological polar surface area (TPSA) is 69.9 Å². The van der Waals surface area contributed by atoms with Crippen LogP contribution in [0.15, 0.2) is 227 Å². The van der Waals surface area contributed by atoms with Gasteiger partial charge in [-0.2, -0.15) is 0 Å². The van der Waals surface area contributed by atoms with Crippen LogP contribution >= 0.6 is 11.3 Å². The maximum atomic E-state index is 6.60. The molecule has 0 bridgehead atoms. The lowest BCUT2D eigenvalue weighted by Crippen LogP contribution is -2.00. The fourth-order valence-corrected chi connectivity index (χ4v) is 11.8. The van der Waals surface area contributed by atoms with Gasteiger partial charge in [0.1, 0.15) is 22.3 Å². The predicted octanol–water partition coefficient (Wildman–Crippen LogP) is 17.5. The average Bonchev–Trinajstić information content (AvgIpc) is 4.19. The number of rotatable bonds is 6. The molecule has 0 spiro atoms. The standard InChI is InChI=1S/C63H36N4O2S/c1-2-12-42(13-3-1)67-51-19-7-4-14-43(51)49-34-39(29-32-52(49)67)37-24-26-38(27-25-37)40-30-33-54-50(35-40)59-47(17-10-21-55(59)68-54)62-64-61(41-28-31-45-44-15-5-8-20-53(44)69-56(45)36-41)65-63(66-62)48-18-11-23-58-60(48)46-16-6-9-22-57(46)70-58/h1-36H. The van der Waals surface area contributed by atoms with Gasteiger partial charge in [0.05, 0.1) is 11.0 Å². The summed E-state index contributed by atoms with van der Waals surface area (Å²) in [6.07, 6.45) is 0. The molecule has 0 N–H and O–H groups in total. The van der Waals surface area contributed by atoms with Crippen LogP contribution in [0.5, 0.6) is 0 Å². The van der Waals surface area contributed by atoms with E-state index in [2.05, 4.69) is 187 Å². The summed E-state index contributed by atoms with van der Waals surface area (Å²) in [7, 11) is 0. The van der Waals surface area contributed by atoms with Crippen LogP contribution in [0, 0.1) is 0 Å². The average molecular weight is 913 g/mol. The van der Waals surface area contributed by atoms with Crippen LogP contribution in [0.1, 0.15) is 0 Å². The Labute approximate surface area is 404 Å². The summed E-state index contributed by atoms with van der Waals surface area (Å²) in [5.74, 6) is 1.73. The molecule has 0 unspecified atom stereocenters. The highest BCUT2D eigenvalue weighted by atomic mass is 32.1. The first kappa shape index (κ1) is 38.9. The van der Waals surface area contributed by atoms with Gasteiger partial charge in [0.2, 0.25) is 0 Å². The molecular formula is C63H36N4O2S. The van der Waals surface area contributed by atoms with Crippen LogP contribution in [0.2, 0.25) is 0 Å². The highest BCUT2D eigenvalue weighted by Gasteiger charge is 2.21. The molecule has 5 heterocycles. The summed E-state index contributed by atoms with van der Waals surface area (Å²) in [6, 6.07) is 76.9. The minimum Gasteiger partial charge on any atom is -0.456 e. The van der Waals surface area contributed by atoms with Gasteiger partial charge in [0.15, 0.2) is 17.5 Å². The molecule has 0 radical (unpaired) electrons. The van der Waals surface area contributed by atoms with Crippen molar-refractivity contribution in [3.63, 3.8) is 0 Å². The van der Waals surface area contributed by atoms with E-state index in [1.807, 2.05) is 36.4 Å². The molecule has 0 atom stereocenters. The van der Waals surface area contributed by atoms with Crippen LogP contribution in [0.25, 0.3) is 148 Å². The Morgan fingerprint density at radius 2 is 0.871 bits per heavy atom. The molecule has 0 amide bonds. The van der Waals surface area contributed by atoms with Gasteiger partial charge >= 0.3 is 0 Å². The molecule has 0 aliphatic carbocycles. The molecule has 0 aliphatic rings. The summed E-state index contributed by atoms with van der Waals surface area (Å²) in [5.41, 5.74) is 13.9. The van der Waals surface area contributed by atoms with Gasteiger partial charge in [0.25, 0.3) is 0 Å². The Balaban J connectivity index is 0.860. The molecule has 15 rings (SSSR count). The van der Waals surface area contributed by atoms with E-state index in [0.29, 0.717) is 17.5 Å². The smallest absolute Gasteiger partial charge is 0.164 e. The van der Waals surface area contributed by atoms with Crippen molar-refractivity contribution in [2.75, 3.05) is 0 Å². The lowest BCUT2D eigenvalue weighted by atomic mass is 9.97. The summed E-state index contributed by atoms with van der Waals surface area (Å²) in [4.78, 5) is 15.9. The van der Waals surface area contributed by atoms with Crippen LogP contribution < -0.4 is 0 Å². The molecule has 6 nitrogen and oxygen atoms in total. The van der Waals surface area contributed by atoms with Gasteiger partial charge in [-0.25, -0.2) is 15.0 Å². The van der Waals surface area contributed by atoms with Gasteiger partial charge < -0.3 is 13.4 Å². The van der Waals surface area contributed by atoms with Crippen LogP contribution in [0.4, 0.5) is 0 Å². The van der Waals surface area contributed by atoms with Crippen molar-refractivity contribution in [3.8, 4) is 62.1 Å². The first-order valence-electron chi connectivity index (χ1n) is 23.4. The van der Waals surface area contributed by atoms with Crippen LogP contribution in [0.3, 0.4) is 0 Å². The number of fused-ring (bicyclic) bond motifs is 12. The molecule has 10 aromatic carbocycles. The Hall–Kier alpha value is -9.17. The zero-order valence-corrected chi connectivity index (χ0v) is 38.1. The van der Waals surface area contributed by atoms with E-state index >= 15 is 0 Å². The van der Waals surface area contributed by atoms with E-state index in [1.54, 1.807) is 11.3 Å². The lowest BCUT2D eigenvalue weighted by molar-refractivity contribution is 0.668. The highest BCUT2D eigenvalue weighted by molar-refractivity contribution is 7.25. The third-order valence-electron chi connectivity index (χ3n) is 13.9. The predicted molar refractivity (Wildman–Crippen MR) is 289 cm³/mol. The largest absolute Gasteiger partial charge is 0.456 e. The summed E-state index contributed by atoms with van der Waals surface area (Å²) < 4.78 is 17.7. The second kappa shape index (κ2) is 15.2. The second-order valence-electron chi connectivity index (χ2n) is 17.9. The maximum Gasteiger partial charge on any atom is 0.164 e. The number of benzene rings is 10. The van der Waals surface area contributed by atoms with E-state index < -0.39 is 0 Å². The van der Waals surface area contributed by atoms with Gasteiger partial charge in [-0.3, -0.25) is 0 Å². The normalized spacial score (nSPS) is 12.0. The Morgan fingerprint density at radius 1 is 0.314 bits per heavy atom. The third-order valence-corrected chi connectivity index (χ3v) is 15.0. The van der Waals surface area contributed by atoms with Crippen molar-refractivity contribution in [2.24, 2.45) is 0 Å². The van der Waals surface area contributed by atoms with Crippen molar-refractivity contribution < 1.29 is 8.83 Å². The molecule has 326 valence electrons. The van der Waals surface area contributed by atoms with Crippen LogP contribution in [-0.4, -0.2) is 19.5 Å². The van der Waals surface area contributed by atoms with E-state index in [0.717, 1.165) is 88.3 Å². The Bertz CT molecular complexity index is 4600. The van der Waals surface area contributed by atoms with Crippen LogP contribution in [-0.2, 0) is 0 Å². The summed E-state index contributed by atoms with van der Waals surface area (Å²) in [6.45, 7) is 0. The van der Waals surface area contributed by atoms with Gasteiger partial charge in [0, 0.05) is 74.9 Å². The van der Waals surface area contributed by atoms with E-state index in [-0.39, 0.29) is 0 Å². The van der Waals surface area contributed by atoms with Crippen molar-refractivity contribution in [3.05, 3.63) is 218 Å². The van der Waals surface area contributed by atoms with Crippen molar-refractivity contribution >= 4 is 97.2 Å². The zero-order chi connectivity index (χ0) is 45.9. The molecular weight excluding hydrogens is 877 g/mol. The van der Waals surface area contributed by atoms with Gasteiger partial charge in [-0.05, 0) is 101 Å². The zero-order valence-electron chi connectivity index (χ0n) is 37.3. The van der Waals surface area contributed by atoms with Crippen molar-refractivity contribution in [2.45, 2.75) is 0 Å². The number of hydrogen-bond acceptors (Lipinski definition) is 6. The van der Waals surface area contributed by atoms with Gasteiger partial charge in [-0.15, -0.1) is 11.3 Å².